The van der Waals surface area contributed by atoms with Crippen molar-refractivity contribution in [1.82, 2.24) is 5.32 Å². The van der Waals surface area contributed by atoms with E-state index in [4.69, 9.17) is 13.0 Å². The van der Waals surface area contributed by atoms with Gasteiger partial charge in [0.1, 0.15) is 0 Å². The first-order valence-electron chi connectivity index (χ1n) is 3.37. The normalized spacial score (nSPS) is 13.9. The topological polar surface area (TPSA) is 92.7 Å². The summed E-state index contributed by atoms with van der Waals surface area (Å²) >= 11 is 0. The number of carboxylic acid groups (broad SMARTS) is 1. The van der Waals surface area contributed by atoms with E-state index in [9.17, 15) is 14.4 Å². The molecule has 0 aliphatic rings. The van der Waals surface area contributed by atoms with Gasteiger partial charge in [-0.3, -0.25) is 14.4 Å². The number of carbonyl (C=O) groups is 3. The maximum absolute atomic E-state index is 10.9. The Morgan fingerprint density at radius 2 is 2.15 bits per heavy atom. The number of hydrogen-bond donors (Lipinski definition) is 2. The highest BCUT2D eigenvalue weighted by Gasteiger charge is 2.21. The fourth-order valence-corrected chi connectivity index (χ4v) is 0.520. The Morgan fingerprint density at radius 3 is 2.54 bits per heavy atom. The van der Waals surface area contributed by atoms with Crippen LogP contribution in [0.15, 0.2) is 0 Å². The van der Waals surface area contributed by atoms with Crippen LogP contribution < -0.4 is 5.32 Å². The molecule has 0 rings (SSSR count). The van der Waals surface area contributed by atoms with Crippen LogP contribution in [-0.4, -0.2) is 37.5 Å². The quantitative estimate of drug-likeness (QED) is 0.239. The zero-order chi connectivity index (χ0) is 10.4. The largest absolute Gasteiger partial charge is 0.481 e. The van der Waals surface area contributed by atoms with Crippen molar-refractivity contribution in [3.05, 3.63) is 0 Å². The minimum atomic E-state index is -1.65. The lowest BCUT2D eigenvalue weighted by Crippen LogP contribution is -2.38. The molecule has 0 aromatic rings. The Labute approximate surface area is 75.7 Å². The second-order valence-electron chi connectivity index (χ2n) is 2.20. The standard InChI is InChI=1S/C6H8BNO5/c1-3(13-2-9)8-5(10)4(7)6(11)12/h2-4H,1H3,(H,8,10)(H,11,12). The van der Waals surface area contributed by atoms with Crippen LogP contribution in [0.1, 0.15) is 6.92 Å². The molecular weight excluding hydrogens is 177 g/mol. The molecule has 7 heteroatoms. The van der Waals surface area contributed by atoms with Crippen molar-refractivity contribution in [2.45, 2.75) is 19.0 Å². The predicted octanol–water partition coefficient (Wildman–Crippen LogP) is -1.34. The lowest BCUT2D eigenvalue weighted by atomic mass is 9.87. The molecule has 0 bridgehead atoms. The van der Waals surface area contributed by atoms with Crippen LogP contribution in [0.5, 0.6) is 0 Å². The molecule has 6 nitrogen and oxygen atoms in total. The molecule has 2 N–H and O–H groups in total. The zero-order valence-corrected chi connectivity index (χ0v) is 6.89. The predicted molar refractivity (Wildman–Crippen MR) is 41.9 cm³/mol. The third-order valence-electron chi connectivity index (χ3n) is 1.15. The fourth-order valence-electron chi connectivity index (χ4n) is 0.520. The monoisotopic (exact) mass is 185 g/mol. The van der Waals surface area contributed by atoms with Gasteiger partial charge in [-0.2, -0.15) is 0 Å². The van der Waals surface area contributed by atoms with Gasteiger partial charge in [-0.05, 0) is 6.92 Å². The molecule has 0 saturated carbocycles. The summed E-state index contributed by atoms with van der Waals surface area (Å²) in [5, 5.41) is 10.4. The Bertz CT molecular complexity index is 219. The van der Waals surface area contributed by atoms with Gasteiger partial charge in [0, 0.05) is 0 Å². The summed E-state index contributed by atoms with van der Waals surface area (Å²) in [6.45, 7) is 1.50. The maximum atomic E-state index is 10.9. The summed E-state index contributed by atoms with van der Waals surface area (Å²) in [5.74, 6) is -4.02. The molecule has 0 aliphatic heterocycles. The van der Waals surface area contributed by atoms with E-state index in [0.717, 1.165) is 0 Å². The van der Waals surface area contributed by atoms with Gasteiger partial charge < -0.3 is 15.2 Å². The van der Waals surface area contributed by atoms with Crippen molar-refractivity contribution in [3.63, 3.8) is 0 Å². The minimum absolute atomic E-state index is 0.136. The van der Waals surface area contributed by atoms with Gasteiger partial charge in [-0.1, -0.05) is 0 Å². The third-order valence-corrected chi connectivity index (χ3v) is 1.15. The van der Waals surface area contributed by atoms with Crippen LogP contribution >= 0.6 is 0 Å². The lowest BCUT2D eigenvalue weighted by molar-refractivity contribution is -0.142. The summed E-state index contributed by atoms with van der Waals surface area (Å²) in [6.07, 6.45) is -0.893. The smallest absolute Gasteiger partial charge is 0.306 e. The molecular formula is C6H8BNO5. The lowest BCUT2D eigenvalue weighted by Gasteiger charge is -2.13. The van der Waals surface area contributed by atoms with E-state index in [-0.39, 0.29) is 6.47 Å². The average Bonchev–Trinajstić information content (AvgIpc) is 2.03. The van der Waals surface area contributed by atoms with Crippen LogP contribution in [-0.2, 0) is 19.1 Å². The third kappa shape index (κ3) is 4.14. The first-order chi connectivity index (χ1) is 5.99. The average molecular weight is 185 g/mol. The zero-order valence-electron chi connectivity index (χ0n) is 6.89. The van der Waals surface area contributed by atoms with E-state index in [1.165, 1.54) is 6.92 Å². The Kier molecular flexibility index (Phi) is 4.57. The highest BCUT2D eigenvalue weighted by atomic mass is 16.5. The van der Waals surface area contributed by atoms with Crippen molar-refractivity contribution in [2.24, 2.45) is 0 Å². The molecule has 2 atom stereocenters. The molecule has 1 amide bonds. The Morgan fingerprint density at radius 1 is 1.62 bits per heavy atom. The van der Waals surface area contributed by atoms with E-state index in [1.807, 2.05) is 0 Å². The molecule has 0 fully saturated rings. The van der Waals surface area contributed by atoms with E-state index >= 15 is 0 Å². The highest BCUT2D eigenvalue weighted by Crippen LogP contribution is 1.98. The van der Waals surface area contributed by atoms with Crippen molar-refractivity contribution < 1.29 is 24.2 Å². The second kappa shape index (κ2) is 5.18. The van der Waals surface area contributed by atoms with Crippen molar-refractivity contribution in [1.29, 1.82) is 0 Å². The first-order valence-corrected chi connectivity index (χ1v) is 3.37. The minimum Gasteiger partial charge on any atom is -0.481 e. The number of carbonyl (C=O) groups excluding carboxylic acids is 2. The SMILES string of the molecule is [B]C(C(=O)O)C(=O)NC(C)OC=O. The number of carboxylic acids is 1. The Balaban J connectivity index is 3.99. The molecule has 2 radical (unpaired) electrons. The molecule has 0 heterocycles. The highest BCUT2D eigenvalue weighted by molar-refractivity contribution is 6.34. The molecule has 70 valence electrons. The van der Waals surface area contributed by atoms with Crippen molar-refractivity contribution in [2.75, 3.05) is 0 Å². The number of hydrogen-bond acceptors (Lipinski definition) is 4. The van der Waals surface area contributed by atoms with Gasteiger partial charge in [0.2, 0.25) is 5.91 Å². The van der Waals surface area contributed by atoms with E-state index < -0.39 is 23.9 Å². The van der Waals surface area contributed by atoms with Crippen molar-refractivity contribution >= 4 is 26.2 Å². The summed E-state index contributed by atoms with van der Waals surface area (Å²) in [4.78, 5) is 30.8. The van der Waals surface area contributed by atoms with Crippen LogP contribution in [0.4, 0.5) is 0 Å². The number of aliphatic carboxylic acids is 1. The summed E-state index contributed by atoms with van der Waals surface area (Å²) in [6, 6.07) is 0. The molecule has 0 saturated heterocycles. The summed E-state index contributed by atoms with van der Waals surface area (Å²) in [5.41, 5.74) is 0. The van der Waals surface area contributed by atoms with Crippen LogP contribution in [0.25, 0.3) is 0 Å². The van der Waals surface area contributed by atoms with Crippen LogP contribution in [0, 0.1) is 0 Å². The van der Waals surface area contributed by atoms with Gasteiger partial charge in [-0.15, -0.1) is 0 Å². The summed E-state index contributed by atoms with van der Waals surface area (Å²) < 4.78 is 4.28. The number of nitrogens with one attached hydrogen (secondary N) is 1. The van der Waals surface area contributed by atoms with Gasteiger partial charge >= 0.3 is 5.97 Å². The van der Waals surface area contributed by atoms with E-state index in [2.05, 4.69) is 10.1 Å². The number of rotatable bonds is 5. The molecule has 0 aliphatic carbocycles. The van der Waals surface area contributed by atoms with Gasteiger partial charge in [0.15, 0.2) is 6.23 Å². The van der Waals surface area contributed by atoms with Crippen molar-refractivity contribution in [3.8, 4) is 0 Å². The number of ether oxygens (including phenoxy) is 1. The fraction of sp³-hybridized carbons (Fsp3) is 0.500. The second-order valence-corrected chi connectivity index (χ2v) is 2.20. The molecule has 0 spiro atoms. The molecule has 2 unspecified atom stereocenters. The first kappa shape index (κ1) is 11.5. The Hall–Kier alpha value is -1.53. The maximum Gasteiger partial charge on any atom is 0.306 e. The van der Waals surface area contributed by atoms with E-state index in [1.54, 1.807) is 0 Å². The summed E-state index contributed by atoms with van der Waals surface area (Å²) in [7, 11) is 4.95. The van der Waals surface area contributed by atoms with Gasteiger partial charge in [0.25, 0.3) is 6.47 Å². The molecule has 0 aromatic carbocycles. The van der Waals surface area contributed by atoms with Crippen LogP contribution in [0.2, 0.25) is 5.82 Å². The van der Waals surface area contributed by atoms with Crippen LogP contribution in [0.3, 0.4) is 0 Å². The van der Waals surface area contributed by atoms with E-state index in [0.29, 0.717) is 0 Å². The molecule has 0 aromatic heterocycles. The molecule has 13 heavy (non-hydrogen) atoms. The van der Waals surface area contributed by atoms with Gasteiger partial charge in [0.05, 0.1) is 13.7 Å². The number of amides is 1. The van der Waals surface area contributed by atoms with Gasteiger partial charge in [-0.25, -0.2) is 0 Å².